The summed E-state index contributed by atoms with van der Waals surface area (Å²) in [6.45, 7) is 6.63. The fourth-order valence-electron chi connectivity index (χ4n) is 3.34. The Morgan fingerprint density at radius 2 is 1.52 bits per heavy atom. The van der Waals surface area contributed by atoms with Gasteiger partial charge in [-0.25, -0.2) is 0 Å². The number of benzene rings is 3. The Kier molecular flexibility index (Phi) is 5.36. The highest BCUT2D eigenvalue weighted by atomic mass is 15.1. The summed E-state index contributed by atoms with van der Waals surface area (Å²) in [7, 11) is 0. The van der Waals surface area contributed by atoms with Gasteiger partial charge in [0.2, 0.25) is 0 Å². The van der Waals surface area contributed by atoms with Crippen LogP contribution in [-0.2, 0) is 0 Å². The molecule has 0 bridgehead atoms. The lowest BCUT2D eigenvalue weighted by atomic mass is 9.97. The van der Waals surface area contributed by atoms with Gasteiger partial charge in [0.15, 0.2) is 0 Å². The molecule has 0 saturated carbocycles. The first-order valence-corrected chi connectivity index (χ1v) is 9.05. The summed E-state index contributed by atoms with van der Waals surface area (Å²) in [5, 5.41) is 11.8. The van der Waals surface area contributed by atoms with E-state index in [1.165, 1.54) is 16.5 Å². The second-order valence-corrected chi connectivity index (χ2v) is 6.39. The summed E-state index contributed by atoms with van der Waals surface area (Å²) in [6, 6.07) is 23.2. The van der Waals surface area contributed by atoms with E-state index in [0.717, 1.165) is 42.6 Å². The second kappa shape index (κ2) is 7.85. The monoisotopic (exact) mass is 328 g/mol. The predicted octanol–water partition coefficient (Wildman–Crippen LogP) is 6.00. The van der Waals surface area contributed by atoms with Crippen molar-refractivity contribution >= 4 is 16.5 Å². The fourth-order valence-corrected chi connectivity index (χ4v) is 3.34. The van der Waals surface area contributed by atoms with Crippen LogP contribution in [0.5, 0.6) is 0 Å². The number of nitriles is 1. The molecule has 0 aliphatic rings. The molecule has 3 rings (SSSR count). The average Bonchev–Trinajstić information content (AvgIpc) is 2.67. The number of anilines is 1. The molecular weight excluding hydrogens is 304 g/mol. The Bertz CT molecular complexity index is 899. The van der Waals surface area contributed by atoms with Gasteiger partial charge in [0, 0.05) is 18.8 Å². The highest BCUT2D eigenvalue weighted by molar-refractivity contribution is 5.90. The number of fused-ring (bicyclic) bond motifs is 1. The zero-order valence-electron chi connectivity index (χ0n) is 15.0. The van der Waals surface area contributed by atoms with Crippen LogP contribution in [0.25, 0.3) is 21.9 Å². The van der Waals surface area contributed by atoms with E-state index in [0.29, 0.717) is 0 Å². The molecule has 0 N–H and O–H groups in total. The van der Waals surface area contributed by atoms with E-state index in [-0.39, 0.29) is 0 Å². The minimum atomic E-state index is 0.718. The lowest BCUT2D eigenvalue weighted by Crippen LogP contribution is -2.24. The van der Waals surface area contributed by atoms with Crippen molar-refractivity contribution in [3.63, 3.8) is 0 Å². The van der Waals surface area contributed by atoms with Crippen molar-refractivity contribution in [2.24, 2.45) is 0 Å². The molecule has 0 amide bonds. The third kappa shape index (κ3) is 3.67. The van der Waals surface area contributed by atoms with Crippen molar-refractivity contribution in [3.8, 4) is 17.2 Å². The molecule has 126 valence electrons. The normalized spacial score (nSPS) is 10.6. The van der Waals surface area contributed by atoms with Crippen molar-refractivity contribution in [2.45, 2.75) is 26.7 Å². The van der Waals surface area contributed by atoms with Gasteiger partial charge < -0.3 is 4.90 Å². The summed E-state index contributed by atoms with van der Waals surface area (Å²) < 4.78 is 0. The maximum Gasteiger partial charge on any atom is 0.0998 e. The van der Waals surface area contributed by atoms with E-state index >= 15 is 0 Å². The van der Waals surface area contributed by atoms with Crippen LogP contribution in [0.1, 0.15) is 32.3 Å². The van der Waals surface area contributed by atoms with Crippen molar-refractivity contribution in [3.05, 3.63) is 66.2 Å². The fraction of sp³-hybridized carbons (Fsp3) is 0.261. The molecule has 0 fully saturated rings. The number of hydrogen-bond acceptors (Lipinski definition) is 2. The van der Waals surface area contributed by atoms with Crippen LogP contribution in [0.3, 0.4) is 0 Å². The molecular formula is C23H24N2. The van der Waals surface area contributed by atoms with Gasteiger partial charge in [0.05, 0.1) is 11.6 Å². The van der Waals surface area contributed by atoms with Crippen LogP contribution in [0.2, 0.25) is 0 Å². The van der Waals surface area contributed by atoms with Crippen molar-refractivity contribution in [1.29, 1.82) is 5.26 Å². The van der Waals surface area contributed by atoms with Gasteiger partial charge >= 0.3 is 0 Å². The number of nitrogens with zero attached hydrogens (tertiary/aromatic N) is 2. The van der Waals surface area contributed by atoms with Gasteiger partial charge in [-0.15, -0.1) is 0 Å². The minimum absolute atomic E-state index is 0.718. The molecule has 0 aliphatic carbocycles. The van der Waals surface area contributed by atoms with Crippen LogP contribution in [0, 0.1) is 11.3 Å². The van der Waals surface area contributed by atoms with Gasteiger partial charge in [-0.1, -0.05) is 50.2 Å². The lowest BCUT2D eigenvalue weighted by Gasteiger charge is -2.24. The highest BCUT2D eigenvalue weighted by Gasteiger charge is 2.08. The Hall–Kier alpha value is -2.79. The topological polar surface area (TPSA) is 27.0 Å². The Morgan fingerprint density at radius 1 is 0.840 bits per heavy atom. The maximum atomic E-state index is 9.34. The molecule has 0 atom stereocenters. The molecule has 3 aromatic carbocycles. The maximum absolute atomic E-state index is 9.34. The molecule has 0 aliphatic heterocycles. The molecule has 2 nitrogen and oxygen atoms in total. The van der Waals surface area contributed by atoms with Crippen LogP contribution in [0.4, 0.5) is 5.69 Å². The molecule has 0 aromatic heterocycles. The van der Waals surface area contributed by atoms with Gasteiger partial charge in [-0.2, -0.15) is 5.26 Å². The summed E-state index contributed by atoms with van der Waals surface area (Å²) in [6.07, 6.45) is 2.31. The van der Waals surface area contributed by atoms with Gasteiger partial charge in [-0.05, 0) is 59.0 Å². The molecule has 0 heterocycles. The molecule has 25 heavy (non-hydrogen) atoms. The van der Waals surface area contributed by atoms with E-state index < -0.39 is 0 Å². The molecule has 0 spiro atoms. The van der Waals surface area contributed by atoms with E-state index in [2.05, 4.69) is 61.2 Å². The van der Waals surface area contributed by atoms with Crippen LogP contribution >= 0.6 is 0 Å². The quantitative estimate of drug-likeness (QED) is 0.554. The SMILES string of the molecule is CCCN(CCC)c1ccc2cc(-c3ccccc3C#N)ccc2c1. The van der Waals surface area contributed by atoms with Gasteiger partial charge in [-0.3, -0.25) is 0 Å². The third-order valence-corrected chi connectivity index (χ3v) is 4.53. The first-order valence-electron chi connectivity index (χ1n) is 9.05. The standard InChI is InChI=1S/C23H24N2/c1-3-13-25(14-4-2)22-12-11-18-15-20(10-9-19(18)16-22)23-8-6-5-7-21(23)17-24/h5-12,15-16H,3-4,13-14H2,1-2H3. The first kappa shape index (κ1) is 17.0. The van der Waals surface area contributed by atoms with Gasteiger partial charge in [0.1, 0.15) is 0 Å². The predicted molar refractivity (Wildman–Crippen MR) is 107 cm³/mol. The zero-order valence-corrected chi connectivity index (χ0v) is 15.0. The van der Waals surface area contributed by atoms with Crippen LogP contribution in [-0.4, -0.2) is 13.1 Å². The smallest absolute Gasteiger partial charge is 0.0998 e. The van der Waals surface area contributed by atoms with Gasteiger partial charge in [0.25, 0.3) is 0 Å². The van der Waals surface area contributed by atoms with E-state index in [4.69, 9.17) is 0 Å². The molecule has 3 aromatic rings. The van der Waals surface area contributed by atoms with E-state index in [1.807, 2.05) is 24.3 Å². The summed E-state index contributed by atoms with van der Waals surface area (Å²) in [5.74, 6) is 0. The number of hydrogen-bond donors (Lipinski definition) is 0. The highest BCUT2D eigenvalue weighted by Crippen LogP contribution is 2.29. The average molecular weight is 328 g/mol. The van der Waals surface area contributed by atoms with E-state index in [9.17, 15) is 5.26 Å². The summed E-state index contributed by atoms with van der Waals surface area (Å²) in [5.41, 5.74) is 4.10. The zero-order chi connectivity index (χ0) is 17.6. The van der Waals surface area contributed by atoms with Crippen LogP contribution < -0.4 is 4.90 Å². The van der Waals surface area contributed by atoms with Crippen LogP contribution in [0.15, 0.2) is 60.7 Å². The molecule has 2 heteroatoms. The number of rotatable bonds is 6. The molecule has 0 saturated heterocycles. The third-order valence-electron chi connectivity index (χ3n) is 4.53. The van der Waals surface area contributed by atoms with Crippen molar-refractivity contribution < 1.29 is 0 Å². The lowest BCUT2D eigenvalue weighted by molar-refractivity contribution is 0.745. The van der Waals surface area contributed by atoms with Crippen molar-refractivity contribution in [2.75, 3.05) is 18.0 Å². The Balaban J connectivity index is 2.00. The largest absolute Gasteiger partial charge is 0.372 e. The molecule has 0 radical (unpaired) electrons. The second-order valence-electron chi connectivity index (χ2n) is 6.39. The Morgan fingerprint density at radius 3 is 2.24 bits per heavy atom. The van der Waals surface area contributed by atoms with E-state index in [1.54, 1.807) is 0 Å². The Labute approximate surface area is 150 Å². The summed E-state index contributed by atoms with van der Waals surface area (Å²) in [4.78, 5) is 2.46. The first-order chi connectivity index (χ1) is 12.3. The minimum Gasteiger partial charge on any atom is -0.372 e. The van der Waals surface area contributed by atoms with Crippen molar-refractivity contribution in [1.82, 2.24) is 0 Å². The molecule has 0 unspecified atom stereocenters. The summed E-state index contributed by atoms with van der Waals surface area (Å²) >= 11 is 0.